The van der Waals surface area contributed by atoms with Gasteiger partial charge in [-0.2, -0.15) is 0 Å². The van der Waals surface area contributed by atoms with Crippen molar-refractivity contribution in [3.8, 4) is 0 Å². The van der Waals surface area contributed by atoms with Crippen molar-refractivity contribution in [1.82, 2.24) is 29.9 Å². The quantitative estimate of drug-likeness (QED) is 0.489. The summed E-state index contributed by atoms with van der Waals surface area (Å²) in [5.74, 6) is -0.642. The molecule has 30 heavy (non-hydrogen) atoms. The molecule has 0 saturated heterocycles. The number of nitrogens with one attached hydrogen (secondary N) is 1. The van der Waals surface area contributed by atoms with Gasteiger partial charge in [0, 0.05) is 24.5 Å². The van der Waals surface area contributed by atoms with E-state index in [4.69, 9.17) is 0 Å². The van der Waals surface area contributed by atoms with Crippen molar-refractivity contribution in [2.75, 3.05) is 0 Å². The van der Waals surface area contributed by atoms with Crippen LogP contribution >= 0.6 is 0 Å². The summed E-state index contributed by atoms with van der Waals surface area (Å²) in [7, 11) is 0. The Morgan fingerprint density at radius 3 is 2.67 bits per heavy atom. The maximum absolute atomic E-state index is 13.9. The van der Waals surface area contributed by atoms with Crippen molar-refractivity contribution in [1.29, 1.82) is 0 Å². The largest absolute Gasteiger partial charge is 0.344 e. The number of hydrogen-bond acceptors (Lipinski definition) is 4. The van der Waals surface area contributed by atoms with Crippen LogP contribution in [-0.4, -0.2) is 30.5 Å². The third kappa shape index (κ3) is 4.78. The molecule has 152 valence electrons. The molecule has 2 heterocycles. The third-order valence-electron chi connectivity index (χ3n) is 4.80. The number of aromatic nitrogens is 5. The van der Waals surface area contributed by atoms with Crippen LogP contribution < -0.4 is 5.32 Å². The van der Waals surface area contributed by atoms with Crippen molar-refractivity contribution in [3.05, 3.63) is 102 Å². The van der Waals surface area contributed by atoms with Crippen LogP contribution in [0.1, 0.15) is 34.1 Å². The first-order valence-corrected chi connectivity index (χ1v) is 9.64. The van der Waals surface area contributed by atoms with E-state index >= 15 is 0 Å². The van der Waals surface area contributed by atoms with Crippen LogP contribution in [0.2, 0.25) is 0 Å². The second kappa shape index (κ2) is 9.13. The van der Waals surface area contributed by atoms with Gasteiger partial charge in [0.25, 0.3) is 5.91 Å². The van der Waals surface area contributed by atoms with E-state index in [-0.39, 0.29) is 30.0 Å². The van der Waals surface area contributed by atoms with Gasteiger partial charge >= 0.3 is 0 Å². The van der Waals surface area contributed by atoms with Crippen LogP contribution in [-0.2, 0) is 13.1 Å². The molecule has 0 spiro atoms. The SMILES string of the molecule is O=C(NC(CCn1ccnc1)c1ccccc1)c1cn(Cc2ccccc2F)nn1. The Balaban J connectivity index is 1.45. The van der Waals surface area contributed by atoms with Gasteiger partial charge < -0.3 is 9.88 Å². The van der Waals surface area contributed by atoms with E-state index in [2.05, 4.69) is 20.6 Å². The zero-order valence-corrected chi connectivity index (χ0v) is 16.2. The summed E-state index contributed by atoms with van der Waals surface area (Å²) in [5, 5.41) is 11.0. The van der Waals surface area contributed by atoms with Crippen molar-refractivity contribution >= 4 is 5.91 Å². The number of benzene rings is 2. The highest BCUT2D eigenvalue weighted by Crippen LogP contribution is 2.18. The smallest absolute Gasteiger partial charge is 0.273 e. The van der Waals surface area contributed by atoms with Crippen LogP contribution in [0.15, 0.2) is 79.5 Å². The number of amides is 1. The number of nitrogens with zero attached hydrogens (tertiary/aromatic N) is 5. The van der Waals surface area contributed by atoms with Crippen LogP contribution in [0, 0.1) is 5.82 Å². The van der Waals surface area contributed by atoms with Gasteiger partial charge in [0.05, 0.1) is 25.1 Å². The van der Waals surface area contributed by atoms with Gasteiger partial charge in [-0.15, -0.1) is 5.10 Å². The normalized spacial score (nSPS) is 11.9. The summed E-state index contributed by atoms with van der Waals surface area (Å²) in [6.45, 7) is 0.912. The molecule has 2 aromatic carbocycles. The number of imidazole rings is 1. The summed E-state index contributed by atoms with van der Waals surface area (Å²) in [4.78, 5) is 16.9. The molecule has 0 aliphatic carbocycles. The minimum Gasteiger partial charge on any atom is -0.344 e. The third-order valence-corrected chi connectivity index (χ3v) is 4.80. The number of carbonyl (C=O) groups is 1. The van der Waals surface area contributed by atoms with Crippen LogP contribution in [0.3, 0.4) is 0 Å². The van der Waals surface area contributed by atoms with Gasteiger partial charge in [0.15, 0.2) is 5.69 Å². The van der Waals surface area contributed by atoms with Gasteiger partial charge in [-0.05, 0) is 18.1 Å². The van der Waals surface area contributed by atoms with Crippen molar-refractivity contribution < 1.29 is 9.18 Å². The highest BCUT2D eigenvalue weighted by atomic mass is 19.1. The first-order valence-electron chi connectivity index (χ1n) is 9.64. The second-order valence-electron chi connectivity index (χ2n) is 6.92. The van der Waals surface area contributed by atoms with E-state index in [1.807, 2.05) is 41.1 Å². The van der Waals surface area contributed by atoms with Gasteiger partial charge in [-0.25, -0.2) is 14.1 Å². The molecule has 4 rings (SSSR count). The Morgan fingerprint density at radius 2 is 1.90 bits per heavy atom. The summed E-state index contributed by atoms with van der Waals surface area (Å²) in [5.41, 5.74) is 1.68. The lowest BCUT2D eigenvalue weighted by molar-refractivity contribution is 0.0928. The molecule has 0 radical (unpaired) electrons. The molecule has 0 bridgehead atoms. The number of rotatable bonds is 8. The topological polar surface area (TPSA) is 77.6 Å². The molecule has 0 saturated carbocycles. The summed E-state index contributed by atoms with van der Waals surface area (Å²) >= 11 is 0. The molecule has 0 fully saturated rings. The van der Waals surface area contributed by atoms with E-state index in [1.54, 1.807) is 30.7 Å². The minimum atomic E-state index is -0.325. The zero-order chi connectivity index (χ0) is 20.8. The maximum atomic E-state index is 13.9. The highest BCUT2D eigenvalue weighted by molar-refractivity contribution is 5.92. The highest BCUT2D eigenvalue weighted by Gasteiger charge is 2.18. The molecular weight excluding hydrogens is 383 g/mol. The molecule has 7 nitrogen and oxygen atoms in total. The first-order chi connectivity index (χ1) is 14.7. The van der Waals surface area contributed by atoms with E-state index in [0.29, 0.717) is 18.5 Å². The number of halogens is 1. The summed E-state index contributed by atoms with van der Waals surface area (Å²) < 4.78 is 17.3. The average molecular weight is 404 g/mol. The standard InChI is InChI=1S/C22H21FN6O/c23-19-9-5-4-8-18(19)14-29-15-21(26-27-29)22(30)25-20(17-6-2-1-3-7-17)10-12-28-13-11-24-16-28/h1-9,11,13,15-16,20H,10,12,14H2,(H,25,30). The van der Waals surface area contributed by atoms with E-state index in [9.17, 15) is 9.18 Å². The molecule has 0 aliphatic heterocycles. The Bertz CT molecular complexity index is 1090. The first kappa shape index (κ1) is 19.5. The number of hydrogen-bond donors (Lipinski definition) is 1. The maximum Gasteiger partial charge on any atom is 0.273 e. The lowest BCUT2D eigenvalue weighted by Crippen LogP contribution is -2.29. The van der Waals surface area contributed by atoms with Crippen LogP contribution in [0.5, 0.6) is 0 Å². The minimum absolute atomic E-state index is 0.190. The molecule has 0 aliphatic rings. The predicted octanol–water partition coefficient (Wildman–Crippen LogP) is 3.22. The number of aryl methyl sites for hydroxylation is 1. The van der Waals surface area contributed by atoms with E-state index in [0.717, 1.165) is 5.56 Å². The van der Waals surface area contributed by atoms with Gasteiger partial charge in [-0.3, -0.25) is 4.79 Å². The molecule has 1 N–H and O–H groups in total. The molecule has 4 aromatic rings. The lowest BCUT2D eigenvalue weighted by atomic mass is 10.0. The monoisotopic (exact) mass is 404 g/mol. The number of carbonyl (C=O) groups excluding carboxylic acids is 1. The van der Waals surface area contributed by atoms with Crippen molar-refractivity contribution in [2.24, 2.45) is 0 Å². The fraction of sp³-hybridized carbons (Fsp3) is 0.182. The van der Waals surface area contributed by atoms with Crippen LogP contribution in [0.4, 0.5) is 4.39 Å². The van der Waals surface area contributed by atoms with Gasteiger partial charge in [0.2, 0.25) is 0 Å². The van der Waals surface area contributed by atoms with Crippen LogP contribution in [0.25, 0.3) is 0 Å². The van der Waals surface area contributed by atoms with Gasteiger partial charge in [0.1, 0.15) is 5.82 Å². The fourth-order valence-electron chi connectivity index (χ4n) is 3.22. The Kier molecular flexibility index (Phi) is 5.93. The molecule has 1 atom stereocenters. The Labute approximate surface area is 173 Å². The zero-order valence-electron chi connectivity index (χ0n) is 16.2. The predicted molar refractivity (Wildman–Crippen MR) is 109 cm³/mol. The Hall–Kier alpha value is -3.81. The second-order valence-corrected chi connectivity index (χ2v) is 6.92. The van der Waals surface area contributed by atoms with Crippen molar-refractivity contribution in [3.63, 3.8) is 0 Å². The van der Waals surface area contributed by atoms with E-state index < -0.39 is 0 Å². The summed E-state index contributed by atoms with van der Waals surface area (Å²) in [6, 6.07) is 16.0. The molecule has 1 amide bonds. The van der Waals surface area contributed by atoms with E-state index in [1.165, 1.54) is 16.9 Å². The Morgan fingerprint density at radius 1 is 1.10 bits per heavy atom. The van der Waals surface area contributed by atoms with Gasteiger partial charge in [-0.1, -0.05) is 53.7 Å². The summed E-state index contributed by atoms with van der Waals surface area (Å²) in [6.07, 6.45) is 7.58. The molecule has 1 unspecified atom stereocenters. The van der Waals surface area contributed by atoms with Crippen molar-refractivity contribution in [2.45, 2.75) is 25.6 Å². The molecule has 2 aromatic heterocycles. The molecule has 8 heteroatoms. The lowest BCUT2D eigenvalue weighted by Gasteiger charge is -2.19. The molecular formula is C22H21FN6O. The average Bonchev–Trinajstić information content (AvgIpc) is 3.45. The fourth-order valence-corrected chi connectivity index (χ4v) is 3.22.